The van der Waals surface area contributed by atoms with Crippen molar-refractivity contribution in [1.82, 2.24) is 15.1 Å². The fraction of sp³-hybridized carbons (Fsp3) is 0.300. The van der Waals surface area contributed by atoms with E-state index in [1.54, 1.807) is 17.0 Å². The normalized spacial score (nSPS) is 14.6. The quantitative estimate of drug-likeness (QED) is 0.849. The van der Waals surface area contributed by atoms with E-state index in [1.165, 1.54) is 12.1 Å². The third-order valence-corrected chi connectivity index (χ3v) is 4.47. The van der Waals surface area contributed by atoms with Gasteiger partial charge in [-0.2, -0.15) is 0 Å². The first-order chi connectivity index (χ1) is 13.1. The molecule has 2 aromatic rings. The Morgan fingerprint density at radius 3 is 2.30 bits per heavy atom. The van der Waals surface area contributed by atoms with Crippen LogP contribution < -0.4 is 10.6 Å². The molecule has 0 atom stereocenters. The number of piperazine rings is 1. The second-order valence-corrected chi connectivity index (χ2v) is 6.44. The molecule has 1 saturated heterocycles. The standard InChI is InChI=1S/C20H23FN4O2/c21-17-8-4-5-9-18(17)23-20(27)25-12-10-24(11-13-25)15-19(26)22-14-16-6-2-1-3-7-16/h1-9H,10-15H2,(H,22,26)(H,23,27). The second kappa shape index (κ2) is 9.14. The van der Waals surface area contributed by atoms with Crippen molar-refractivity contribution in [2.45, 2.75) is 6.54 Å². The lowest BCUT2D eigenvalue weighted by Crippen LogP contribution is -2.52. The summed E-state index contributed by atoms with van der Waals surface area (Å²) in [5.74, 6) is -0.498. The van der Waals surface area contributed by atoms with Gasteiger partial charge in [0.05, 0.1) is 12.2 Å². The highest BCUT2D eigenvalue weighted by Gasteiger charge is 2.22. The lowest BCUT2D eigenvalue weighted by atomic mass is 10.2. The number of para-hydroxylation sites is 1. The summed E-state index contributed by atoms with van der Waals surface area (Å²) in [5.41, 5.74) is 1.23. The number of rotatable bonds is 5. The Morgan fingerprint density at radius 2 is 1.59 bits per heavy atom. The number of amides is 3. The molecular weight excluding hydrogens is 347 g/mol. The number of carbonyl (C=O) groups is 2. The fourth-order valence-corrected chi connectivity index (χ4v) is 2.92. The van der Waals surface area contributed by atoms with Crippen molar-refractivity contribution in [3.8, 4) is 0 Å². The third-order valence-electron chi connectivity index (χ3n) is 4.47. The van der Waals surface area contributed by atoms with E-state index in [0.717, 1.165) is 5.56 Å². The zero-order chi connectivity index (χ0) is 19.1. The molecule has 1 heterocycles. The molecule has 0 spiro atoms. The van der Waals surface area contributed by atoms with Crippen LogP contribution in [-0.2, 0) is 11.3 Å². The van der Waals surface area contributed by atoms with Crippen molar-refractivity contribution in [3.05, 3.63) is 66.0 Å². The zero-order valence-electron chi connectivity index (χ0n) is 15.0. The number of halogens is 1. The molecular formula is C20H23FN4O2. The minimum absolute atomic E-state index is 0.0388. The molecule has 142 valence electrons. The number of nitrogens with zero attached hydrogens (tertiary/aromatic N) is 2. The Bertz CT molecular complexity index is 777. The maximum Gasteiger partial charge on any atom is 0.322 e. The Morgan fingerprint density at radius 1 is 0.926 bits per heavy atom. The number of hydrogen-bond acceptors (Lipinski definition) is 3. The van der Waals surface area contributed by atoms with E-state index in [9.17, 15) is 14.0 Å². The SMILES string of the molecule is O=C(CN1CCN(C(=O)Nc2ccccc2F)CC1)NCc1ccccc1. The van der Waals surface area contributed by atoms with Gasteiger partial charge in [0.15, 0.2) is 0 Å². The molecule has 0 radical (unpaired) electrons. The van der Waals surface area contributed by atoms with Crippen LogP contribution in [0.15, 0.2) is 54.6 Å². The van der Waals surface area contributed by atoms with Gasteiger partial charge >= 0.3 is 6.03 Å². The van der Waals surface area contributed by atoms with Gasteiger partial charge in [0, 0.05) is 32.7 Å². The van der Waals surface area contributed by atoms with Crippen molar-refractivity contribution in [1.29, 1.82) is 0 Å². The third kappa shape index (κ3) is 5.52. The van der Waals surface area contributed by atoms with Crippen molar-refractivity contribution in [2.75, 3.05) is 38.0 Å². The second-order valence-electron chi connectivity index (χ2n) is 6.44. The van der Waals surface area contributed by atoms with Crippen LogP contribution in [0.1, 0.15) is 5.56 Å². The summed E-state index contributed by atoms with van der Waals surface area (Å²) in [5, 5.41) is 5.49. The summed E-state index contributed by atoms with van der Waals surface area (Å²) in [6.07, 6.45) is 0. The van der Waals surface area contributed by atoms with E-state index in [1.807, 2.05) is 35.2 Å². The molecule has 1 fully saturated rings. The zero-order valence-corrected chi connectivity index (χ0v) is 15.0. The van der Waals surface area contributed by atoms with E-state index in [4.69, 9.17) is 0 Å². The first-order valence-electron chi connectivity index (χ1n) is 8.95. The molecule has 6 nitrogen and oxygen atoms in total. The van der Waals surface area contributed by atoms with E-state index < -0.39 is 5.82 Å². The van der Waals surface area contributed by atoms with Crippen LogP contribution >= 0.6 is 0 Å². The number of anilines is 1. The summed E-state index contributed by atoms with van der Waals surface area (Å²) < 4.78 is 13.6. The predicted molar refractivity (Wildman–Crippen MR) is 102 cm³/mol. The van der Waals surface area contributed by atoms with Gasteiger partial charge in [-0.1, -0.05) is 42.5 Å². The van der Waals surface area contributed by atoms with Gasteiger partial charge in [-0.3, -0.25) is 9.69 Å². The van der Waals surface area contributed by atoms with Gasteiger partial charge in [-0.05, 0) is 17.7 Å². The van der Waals surface area contributed by atoms with E-state index in [0.29, 0.717) is 39.3 Å². The maximum absolute atomic E-state index is 13.6. The lowest BCUT2D eigenvalue weighted by Gasteiger charge is -2.34. The fourth-order valence-electron chi connectivity index (χ4n) is 2.92. The molecule has 0 aromatic heterocycles. The first kappa shape index (κ1) is 18.8. The van der Waals surface area contributed by atoms with Crippen LogP contribution in [0.2, 0.25) is 0 Å². The highest BCUT2D eigenvalue weighted by atomic mass is 19.1. The molecule has 2 aromatic carbocycles. The molecule has 27 heavy (non-hydrogen) atoms. The van der Waals surface area contributed by atoms with Gasteiger partial charge in [-0.25, -0.2) is 9.18 Å². The van der Waals surface area contributed by atoms with Crippen molar-refractivity contribution in [2.24, 2.45) is 0 Å². The summed E-state index contributed by atoms with van der Waals surface area (Å²) in [6.45, 7) is 2.99. The summed E-state index contributed by atoms with van der Waals surface area (Å²) in [6, 6.07) is 15.5. The highest BCUT2D eigenvalue weighted by molar-refractivity contribution is 5.89. The number of carbonyl (C=O) groups excluding carboxylic acids is 2. The van der Waals surface area contributed by atoms with Crippen molar-refractivity contribution in [3.63, 3.8) is 0 Å². The minimum Gasteiger partial charge on any atom is -0.351 e. The van der Waals surface area contributed by atoms with E-state index in [-0.39, 0.29) is 17.6 Å². The summed E-state index contributed by atoms with van der Waals surface area (Å²) >= 11 is 0. The molecule has 2 N–H and O–H groups in total. The Labute approximate surface area is 158 Å². The molecule has 0 saturated carbocycles. The van der Waals surface area contributed by atoms with Crippen LogP contribution in [-0.4, -0.2) is 54.5 Å². The average Bonchev–Trinajstić information content (AvgIpc) is 2.69. The van der Waals surface area contributed by atoms with Gasteiger partial charge in [0.2, 0.25) is 5.91 Å². The largest absolute Gasteiger partial charge is 0.351 e. The van der Waals surface area contributed by atoms with Crippen molar-refractivity contribution >= 4 is 17.6 Å². The molecule has 0 unspecified atom stereocenters. The molecule has 1 aliphatic heterocycles. The molecule has 3 rings (SSSR count). The number of hydrogen-bond donors (Lipinski definition) is 2. The highest BCUT2D eigenvalue weighted by Crippen LogP contribution is 2.13. The monoisotopic (exact) mass is 370 g/mol. The lowest BCUT2D eigenvalue weighted by molar-refractivity contribution is -0.122. The van der Waals surface area contributed by atoms with Gasteiger partial charge in [0.25, 0.3) is 0 Å². The van der Waals surface area contributed by atoms with Crippen LogP contribution in [0, 0.1) is 5.82 Å². The molecule has 1 aliphatic rings. The predicted octanol–water partition coefficient (Wildman–Crippen LogP) is 2.29. The van der Waals surface area contributed by atoms with Gasteiger partial charge in [-0.15, -0.1) is 0 Å². The molecule has 3 amide bonds. The first-order valence-corrected chi connectivity index (χ1v) is 8.95. The van der Waals surface area contributed by atoms with Gasteiger partial charge < -0.3 is 15.5 Å². The van der Waals surface area contributed by atoms with Gasteiger partial charge in [0.1, 0.15) is 5.82 Å². The van der Waals surface area contributed by atoms with E-state index >= 15 is 0 Å². The Hall–Kier alpha value is -2.93. The summed E-state index contributed by atoms with van der Waals surface area (Å²) in [4.78, 5) is 28.0. The Kier molecular flexibility index (Phi) is 6.38. The summed E-state index contributed by atoms with van der Waals surface area (Å²) in [7, 11) is 0. The van der Waals surface area contributed by atoms with Crippen molar-refractivity contribution < 1.29 is 14.0 Å². The number of benzene rings is 2. The topological polar surface area (TPSA) is 64.7 Å². The molecule has 0 aliphatic carbocycles. The molecule has 7 heteroatoms. The van der Waals surface area contributed by atoms with Crippen LogP contribution in [0.3, 0.4) is 0 Å². The van der Waals surface area contributed by atoms with Crippen LogP contribution in [0.5, 0.6) is 0 Å². The van der Waals surface area contributed by atoms with Crippen LogP contribution in [0.4, 0.5) is 14.9 Å². The van der Waals surface area contributed by atoms with E-state index in [2.05, 4.69) is 10.6 Å². The number of nitrogens with one attached hydrogen (secondary N) is 2. The van der Waals surface area contributed by atoms with Crippen LogP contribution in [0.25, 0.3) is 0 Å². The molecule has 0 bridgehead atoms. The minimum atomic E-state index is -0.459. The Balaban J connectivity index is 1.40. The maximum atomic E-state index is 13.6. The smallest absolute Gasteiger partial charge is 0.322 e. The average molecular weight is 370 g/mol. The number of urea groups is 1.